The first-order valence-corrected chi connectivity index (χ1v) is 29.3. The van der Waals surface area contributed by atoms with E-state index in [1.807, 2.05) is 0 Å². The molecule has 0 fully saturated rings. The summed E-state index contributed by atoms with van der Waals surface area (Å²) >= 11 is 0. The predicted molar refractivity (Wildman–Crippen MR) is 297 cm³/mol. The smallest absolute Gasteiger partial charge is 0.261 e. The van der Waals surface area contributed by atoms with Crippen LogP contribution in [0.1, 0.15) is 248 Å². The number of hydrogen-bond acceptors (Lipinski definition) is 8. The summed E-state index contributed by atoms with van der Waals surface area (Å²) in [5, 5.41) is 22.7. The molecule has 2 aromatic rings. The van der Waals surface area contributed by atoms with E-state index in [-0.39, 0.29) is 36.7 Å². The molecule has 402 valence electrons. The van der Waals surface area contributed by atoms with E-state index in [2.05, 4.69) is 48.0 Å². The van der Waals surface area contributed by atoms with Crippen molar-refractivity contribution in [1.29, 1.82) is 0 Å². The molecule has 0 spiro atoms. The number of benzene rings is 2. The maximum absolute atomic E-state index is 13.1. The van der Waals surface area contributed by atoms with E-state index in [1.165, 1.54) is 151 Å². The Labute approximate surface area is 437 Å². The molecule has 72 heavy (non-hydrogen) atoms. The summed E-state index contributed by atoms with van der Waals surface area (Å²) in [7, 11) is 0. The van der Waals surface area contributed by atoms with Gasteiger partial charge in [0.1, 0.15) is 0 Å². The average Bonchev–Trinajstić information content (AvgIpc) is 3.76. The second-order valence-electron chi connectivity index (χ2n) is 21.0. The zero-order valence-corrected chi connectivity index (χ0v) is 45.3. The van der Waals surface area contributed by atoms with Gasteiger partial charge in [0.2, 0.25) is 0 Å². The zero-order chi connectivity index (χ0) is 51.4. The highest BCUT2D eigenvalue weighted by Crippen LogP contribution is 2.24. The Morgan fingerprint density at radius 1 is 0.375 bits per heavy atom. The van der Waals surface area contributed by atoms with Gasteiger partial charge in [0.25, 0.3) is 23.6 Å². The van der Waals surface area contributed by atoms with Crippen LogP contribution in [0.2, 0.25) is 0 Å². The number of allylic oxidation sites excluding steroid dienone is 4. The summed E-state index contributed by atoms with van der Waals surface area (Å²) in [5.74, 6) is -1.38. The molecule has 10 nitrogen and oxygen atoms in total. The van der Waals surface area contributed by atoms with E-state index in [0.29, 0.717) is 35.3 Å². The predicted octanol–water partition coefficient (Wildman–Crippen LogP) is 13.8. The summed E-state index contributed by atoms with van der Waals surface area (Å²) in [4.78, 5) is 59.5. The molecule has 2 aromatic carbocycles. The summed E-state index contributed by atoms with van der Waals surface area (Å²) < 4.78 is 0. The van der Waals surface area contributed by atoms with Gasteiger partial charge in [0.15, 0.2) is 0 Å². The second kappa shape index (κ2) is 37.7. The van der Waals surface area contributed by atoms with Crippen LogP contribution < -0.4 is 0 Å². The van der Waals surface area contributed by atoms with Gasteiger partial charge in [-0.1, -0.05) is 178 Å². The molecule has 4 amide bonds. The lowest BCUT2D eigenvalue weighted by Gasteiger charge is -2.29. The zero-order valence-electron chi connectivity index (χ0n) is 45.3. The first-order chi connectivity index (χ1) is 35.2. The van der Waals surface area contributed by atoms with E-state index < -0.39 is 12.2 Å². The summed E-state index contributed by atoms with van der Waals surface area (Å²) in [6, 6.07) is 13.7. The summed E-state index contributed by atoms with van der Waals surface area (Å²) in [6.45, 7) is 8.40. The second-order valence-corrected chi connectivity index (χ2v) is 21.0. The Bertz CT molecular complexity index is 1680. The van der Waals surface area contributed by atoms with Crippen molar-refractivity contribution in [3.8, 4) is 0 Å². The highest BCUT2D eigenvalue weighted by atomic mass is 16.3. The third-order valence-electron chi connectivity index (χ3n) is 14.7. The molecule has 0 radical (unpaired) electrons. The lowest BCUT2D eigenvalue weighted by molar-refractivity contribution is 0.0451. The minimum atomic E-state index is -0.874. The number of nitrogens with zero attached hydrogens (tertiary/aromatic N) is 4. The van der Waals surface area contributed by atoms with Crippen LogP contribution in [0.4, 0.5) is 0 Å². The van der Waals surface area contributed by atoms with Crippen LogP contribution >= 0.6 is 0 Å². The van der Waals surface area contributed by atoms with Gasteiger partial charge in [-0.15, -0.1) is 0 Å². The molecule has 2 aliphatic rings. The van der Waals surface area contributed by atoms with E-state index in [0.717, 1.165) is 77.5 Å². The number of imide groups is 2. The van der Waals surface area contributed by atoms with E-state index in [1.54, 1.807) is 48.5 Å². The summed E-state index contributed by atoms with van der Waals surface area (Å²) in [6.07, 6.45) is 44.4. The molecule has 2 N–H and O–H groups in total. The van der Waals surface area contributed by atoms with E-state index in [9.17, 15) is 29.4 Å². The third kappa shape index (κ3) is 23.5. The molecule has 0 bridgehead atoms. The minimum absolute atomic E-state index is 0.0363. The number of unbranched alkanes of at least 4 members (excludes halogenated alkanes) is 25. The van der Waals surface area contributed by atoms with Gasteiger partial charge < -0.3 is 20.0 Å². The van der Waals surface area contributed by atoms with E-state index in [4.69, 9.17) is 0 Å². The molecule has 0 saturated heterocycles. The maximum Gasteiger partial charge on any atom is 0.261 e. The fourth-order valence-corrected chi connectivity index (χ4v) is 10.4. The fourth-order valence-electron chi connectivity index (χ4n) is 10.4. The molecule has 0 aliphatic carbocycles. The van der Waals surface area contributed by atoms with Crippen molar-refractivity contribution in [3.63, 3.8) is 0 Å². The molecule has 0 aromatic heterocycles. The number of β-amino-alcohol motifs (C(OH)–C–C–N with tert-alkyl or cyclic N) is 2. The maximum atomic E-state index is 13.1. The number of rotatable bonds is 45. The van der Waals surface area contributed by atoms with Crippen LogP contribution in [0.5, 0.6) is 0 Å². The number of carbonyl (C=O) groups is 4. The molecule has 2 atom stereocenters. The number of aliphatic hydroxyl groups is 2. The average molecular weight is 995 g/mol. The van der Waals surface area contributed by atoms with Crippen molar-refractivity contribution in [2.75, 3.05) is 52.4 Å². The quantitative estimate of drug-likeness (QED) is 0.0382. The van der Waals surface area contributed by atoms with Crippen molar-refractivity contribution in [1.82, 2.24) is 19.6 Å². The molecular formula is C62H98N4O6. The van der Waals surface area contributed by atoms with Gasteiger partial charge in [-0.05, 0) is 127 Å². The van der Waals surface area contributed by atoms with Gasteiger partial charge >= 0.3 is 0 Å². The first kappa shape index (κ1) is 60.6. The number of fused-ring (bicyclic) bond motifs is 2. The third-order valence-corrected chi connectivity index (χ3v) is 14.7. The van der Waals surface area contributed by atoms with Crippen LogP contribution in [0.15, 0.2) is 72.8 Å². The van der Waals surface area contributed by atoms with Gasteiger partial charge in [-0.25, -0.2) is 0 Å². The summed E-state index contributed by atoms with van der Waals surface area (Å²) in [5.41, 5.74) is 1.58. The van der Waals surface area contributed by atoms with Crippen molar-refractivity contribution in [2.45, 2.75) is 219 Å². The Morgan fingerprint density at radius 2 is 0.611 bits per heavy atom. The Morgan fingerprint density at radius 3 is 0.889 bits per heavy atom. The lowest BCUT2D eigenvalue weighted by Crippen LogP contribution is -2.43. The highest BCUT2D eigenvalue weighted by Gasteiger charge is 2.37. The SMILES string of the molecule is CCCCCCCC/C=C/CCCCCCCCN(CCCCN(CCCCCCCC/C=C/CCCCCCCC)CC(O)CN1C(=O)c2ccccc2C1=O)CC(O)CN1C(=O)c2ccccc2C1=O. The molecule has 4 rings (SSSR count). The molecule has 10 heteroatoms. The number of carbonyl (C=O) groups excluding carboxylic acids is 4. The van der Waals surface area contributed by atoms with Crippen LogP contribution in [0, 0.1) is 0 Å². The van der Waals surface area contributed by atoms with Crippen molar-refractivity contribution in [2.24, 2.45) is 0 Å². The van der Waals surface area contributed by atoms with Crippen LogP contribution in [-0.2, 0) is 0 Å². The molecule has 2 aliphatic heterocycles. The molecule has 2 unspecified atom stereocenters. The monoisotopic (exact) mass is 995 g/mol. The van der Waals surface area contributed by atoms with Crippen molar-refractivity contribution in [3.05, 3.63) is 95.1 Å². The Balaban J connectivity index is 1.23. The topological polar surface area (TPSA) is 122 Å². The number of aliphatic hydroxyl groups excluding tert-OH is 2. The lowest BCUT2D eigenvalue weighted by atomic mass is 10.1. The fraction of sp³-hybridized carbons (Fsp3) is 0.677. The molecular weight excluding hydrogens is 897 g/mol. The first-order valence-electron chi connectivity index (χ1n) is 29.3. The van der Waals surface area contributed by atoms with Crippen LogP contribution in [0.3, 0.4) is 0 Å². The number of amides is 4. The van der Waals surface area contributed by atoms with Gasteiger partial charge in [-0.3, -0.25) is 29.0 Å². The Hall–Kier alpha value is -3.96. The molecule has 0 saturated carbocycles. The molecule has 2 heterocycles. The highest BCUT2D eigenvalue weighted by molar-refractivity contribution is 6.22. The van der Waals surface area contributed by atoms with Gasteiger partial charge in [0, 0.05) is 13.1 Å². The number of hydrogen-bond donors (Lipinski definition) is 2. The minimum Gasteiger partial charge on any atom is -0.390 e. The van der Waals surface area contributed by atoms with Crippen LogP contribution in [-0.4, -0.2) is 118 Å². The Kier molecular flexibility index (Phi) is 31.7. The van der Waals surface area contributed by atoms with Gasteiger partial charge in [-0.2, -0.15) is 0 Å². The van der Waals surface area contributed by atoms with Crippen LogP contribution in [0.25, 0.3) is 0 Å². The van der Waals surface area contributed by atoms with Gasteiger partial charge in [0.05, 0.1) is 47.6 Å². The van der Waals surface area contributed by atoms with Crippen molar-refractivity contribution >= 4 is 23.6 Å². The normalized spacial score (nSPS) is 14.6. The standard InChI is InChI=1S/C62H98N4O6/c1-3-5-7-9-11-13-15-17-19-21-23-25-27-29-31-37-45-63(49-53(67)51-65-59(69)55-41-33-34-42-56(55)60(65)70)47-39-40-48-64(50-54(68)52-66-61(71)57-43-35-36-44-58(57)62(66)72)46-38-32-30-28-26-24-22-20-18-16-14-12-10-8-6-4-2/h17-20,33-36,41-44,53-54,67-68H,3-16,21-32,37-40,45-52H2,1-2H3/b19-17+,20-18+. The largest absolute Gasteiger partial charge is 0.390 e. The van der Waals surface area contributed by atoms with Crippen molar-refractivity contribution < 1.29 is 29.4 Å². The van der Waals surface area contributed by atoms with E-state index >= 15 is 0 Å².